The number of halogens is 1. The fourth-order valence-corrected chi connectivity index (χ4v) is 3.39. The van der Waals surface area contributed by atoms with Crippen molar-refractivity contribution >= 4 is 28.5 Å². The number of carbonyl (C=O) groups excluding carboxylic acids is 1. The van der Waals surface area contributed by atoms with Crippen LogP contribution in [0.25, 0.3) is 10.9 Å². The molecule has 5 nitrogen and oxygen atoms in total. The molecule has 0 radical (unpaired) electrons. The van der Waals surface area contributed by atoms with Gasteiger partial charge in [0.25, 0.3) is 5.79 Å². The SMILES string of the molecule is CC(=O)OC1(c2ccoc2)OCCc2c1[nH]c1c(Cl)cccc21. The Balaban J connectivity index is 2.02. The molecule has 0 amide bonds. The summed E-state index contributed by atoms with van der Waals surface area (Å²) in [6.45, 7) is 1.78. The Bertz CT molecular complexity index is 884. The first-order chi connectivity index (χ1) is 11.1. The van der Waals surface area contributed by atoms with E-state index in [-0.39, 0.29) is 0 Å². The van der Waals surface area contributed by atoms with Crippen LogP contribution in [0.5, 0.6) is 0 Å². The molecule has 4 rings (SSSR count). The minimum absolute atomic E-state index is 0.422. The predicted molar refractivity (Wildman–Crippen MR) is 84.2 cm³/mol. The van der Waals surface area contributed by atoms with Crippen LogP contribution in [0, 0.1) is 0 Å². The smallest absolute Gasteiger partial charge is 0.305 e. The summed E-state index contributed by atoms with van der Waals surface area (Å²) in [5.41, 5.74) is 3.15. The summed E-state index contributed by atoms with van der Waals surface area (Å²) < 4.78 is 16.7. The molecule has 0 spiro atoms. The summed E-state index contributed by atoms with van der Waals surface area (Å²) >= 11 is 6.30. The van der Waals surface area contributed by atoms with Crippen LogP contribution in [0.15, 0.2) is 41.2 Å². The number of hydrogen-bond donors (Lipinski definition) is 1. The zero-order valence-electron chi connectivity index (χ0n) is 12.4. The Morgan fingerprint density at radius 3 is 3.00 bits per heavy atom. The second-order valence-corrected chi connectivity index (χ2v) is 5.87. The molecule has 1 unspecified atom stereocenters. The molecule has 1 aliphatic heterocycles. The number of H-pyrrole nitrogens is 1. The molecule has 118 valence electrons. The van der Waals surface area contributed by atoms with Gasteiger partial charge < -0.3 is 18.9 Å². The lowest BCUT2D eigenvalue weighted by atomic mass is 9.96. The maximum atomic E-state index is 11.7. The van der Waals surface area contributed by atoms with Crippen molar-refractivity contribution in [3.63, 3.8) is 0 Å². The van der Waals surface area contributed by atoms with Gasteiger partial charge in [-0.1, -0.05) is 23.7 Å². The van der Waals surface area contributed by atoms with E-state index in [9.17, 15) is 4.79 Å². The lowest BCUT2D eigenvalue weighted by molar-refractivity contribution is -0.222. The molecule has 3 heterocycles. The summed E-state index contributed by atoms with van der Waals surface area (Å²) in [5.74, 6) is -1.78. The Morgan fingerprint density at radius 1 is 1.39 bits per heavy atom. The van der Waals surface area contributed by atoms with E-state index in [4.69, 9.17) is 25.5 Å². The van der Waals surface area contributed by atoms with Gasteiger partial charge in [-0.3, -0.25) is 4.79 Å². The first kappa shape index (κ1) is 14.4. The molecule has 1 atom stereocenters. The molecule has 1 N–H and O–H groups in total. The summed E-state index contributed by atoms with van der Waals surface area (Å²) in [4.78, 5) is 15.0. The molecule has 0 bridgehead atoms. The minimum Gasteiger partial charge on any atom is -0.472 e. The number of furan rings is 1. The number of benzene rings is 1. The van der Waals surface area contributed by atoms with E-state index in [0.29, 0.717) is 29.3 Å². The van der Waals surface area contributed by atoms with E-state index in [0.717, 1.165) is 16.5 Å². The van der Waals surface area contributed by atoms with Crippen molar-refractivity contribution in [2.24, 2.45) is 0 Å². The standard InChI is InChI=1S/C17H14ClNO4/c1-10(20)23-17(11-5-7-21-9-11)16-13(6-8-22-17)12-3-2-4-14(18)15(12)19-16/h2-5,7,9,19H,6,8H2,1H3. The zero-order chi connectivity index (χ0) is 16.0. The van der Waals surface area contributed by atoms with E-state index in [1.807, 2.05) is 18.2 Å². The van der Waals surface area contributed by atoms with Crippen molar-refractivity contribution < 1.29 is 18.7 Å². The number of carbonyl (C=O) groups is 1. The van der Waals surface area contributed by atoms with Crippen LogP contribution in [-0.4, -0.2) is 17.6 Å². The van der Waals surface area contributed by atoms with Crippen LogP contribution < -0.4 is 0 Å². The number of hydrogen-bond acceptors (Lipinski definition) is 4. The number of rotatable bonds is 2. The summed E-state index contributed by atoms with van der Waals surface area (Å²) in [6.07, 6.45) is 3.75. The Labute approximate surface area is 137 Å². The lowest BCUT2D eigenvalue weighted by Crippen LogP contribution is -2.40. The number of esters is 1. The number of aromatic amines is 1. The number of para-hydroxylation sites is 1. The number of fused-ring (bicyclic) bond motifs is 3. The van der Waals surface area contributed by atoms with Gasteiger partial charge in [0.05, 0.1) is 34.7 Å². The minimum atomic E-state index is -1.34. The van der Waals surface area contributed by atoms with Crippen LogP contribution >= 0.6 is 11.6 Å². The number of nitrogens with one attached hydrogen (secondary N) is 1. The average Bonchev–Trinajstić information content (AvgIpc) is 3.15. The van der Waals surface area contributed by atoms with Crippen LogP contribution in [-0.2, 0) is 26.5 Å². The van der Waals surface area contributed by atoms with Gasteiger partial charge in [-0.25, -0.2) is 0 Å². The van der Waals surface area contributed by atoms with Crippen molar-refractivity contribution in [1.82, 2.24) is 4.98 Å². The Morgan fingerprint density at radius 2 is 2.26 bits per heavy atom. The average molecular weight is 332 g/mol. The maximum Gasteiger partial charge on any atom is 0.305 e. The van der Waals surface area contributed by atoms with Crippen LogP contribution in [0.4, 0.5) is 0 Å². The zero-order valence-corrected chi connectivity index (χ0v) is 13.1. The molecule has 0 aliphatic carbocycles. The molecule has 3 aromatic rings. The van der Waals surface area contributed by atoms with Crippen LogP contribution in [0.1, 0.15) is 23.7 Å². The van der Waals surface area contributed by atoms with E-state index < -0.39 is 11.8 Å². The maximum absolute atomic E-state index is 11.7. The fourth-order valence-electron chi connectivity index (χ4n) is 3.17. The summed E-state index contributed by atoms with van der Waals surface area (Å²) in [7, 11) is 0. The molecule has 23 heavy (non-hydrogen) atoms. The molecule has 1 aliphatic rings. The van der Waals surface area contributed by atoms with Gasteiger partial charge in [0, 0.05) is 12.3 Å². The monoisotopic (exact) mass is 331 g/mol. The van der Waals surface area contributed by atoms with Crippen molar-refractivity contribution in [1.29, 1.82) is 0 Å². The van der Waals surface area contributed by atoms with Gasteiger partial charge in [-0.05, 0) is 24.1 Å². The molecule has 0 saturated carbocycles. The molecule has 0 fully saturated rings. The van der Waals surface area contributed by atoms with Crippen LogP contribution in [0.2, 0.25) is 5.02 Å². The second-order valence-electron chi connectivity index (χ2n) is 5.46. The van der Waals surface area contributed by atoms with Gasteiger partial charge in [0.15, 0.2) is 0 Å². The van der Waals surface area contributed by atoms with Crippen molar-refractivity contribution in [2.45, 2.75) is 19.1 Å². The first-order valence-electron chi connectivity index (χ1n) is 7.27. The highest BCUT2D eigenvalue weighted by atomic mass is 35.5. The Kier molecular flexibility index (Phi) is 3.21. The highest BCUT2D eigenvalue weighted by Gasteiger charge is 2.46. The molecular formula is C17H14ClNO4. The highest BCUT2D eigenvalue weighted by Crippen LogP contribution is 2.43. The Hall–Kier alpha value is -2.24. The van der Waals surface area contributed by atoms with Crippen molar-refractivity contribution in [3.8, 4) is 0 Å². The predicted octanol–water partition coefficient (Wildman–Crippen LogP) is 3.75. The third-order valence-electron chi connectivity index (χ3n) is 4.07. The lowest BCUT2D eigenvalue weighted by Gasteiger charge is -2.35. The summed E-state index contributed by atoms with van der Waals surface area (Å²) in [6, 6.07) is 7.44. The molecular weight excluding hydrogens is 318 g/mol. The van der Waals surface area contributed by atoms with Gasteiger partial charge in [0.2, 0.25) is 0 Å². The van der Waals surface area contributed by atoms with Gasteiger partial charge in [-0.15, -0.1) is 0 Å². The van der Waals surface area contributed by atoms with E-state index in [1.165, 1.54) is 19.5 Å². The fraction of sp³-hybridized carbons (Fsp3) is 0.235. The van der Waals surface area contributed by atoms with E-state index in [1.54, 1.807) is 6.07 Å². The van der Waals surface area contributed by atoms with E-state index in [2.05, 4.69) is 4.98 Å². The third kappa shape index (κ3) is 2.08. The highest BCUT2D eigenvalue weighted by molar-refractivity contribution is 6.35. The van der Waals surface area contributed by atoms with Crippen molar-refractivity contribution in [3.05, 3.63) is 58.6 Å². The number of ether oxygens (including phenoxy) is 2. The molecule has 0 saturated heterocycles. The molecule has 2 aromatic heterocycles. The first-order valence-corrected chi connectivity index (χ1v) is 7.65. The van der Waals surface area contributed by atoms with Gasteiger partial charge in [0.1, 0.15) is 6.26 Å². The molecule has 6 heteroatoms. The van der Waals surface area contributed by atoms with Crippen LogP contribution in [0.3, 0.4) is 0 Å². The van der Waals surface area contributed by atoms with Gasteiger partial charge >= 0.3 is 5.97 Å². The van der Waals surface area contributed by atoms with E-state index >= 15 is 0 Å². The normalized spacial score (nSPS) is 20.4. The van der Waals surface area contributed by atoms with Crippen molar-refractivity contribution in [2.75, 3.05) is 6.61 Å². The summed E-state index contributed by atoms with van der Waals surface area (Å²) in [5, 5.41) is 1.62. The quantitative estimate of drug-likeness (QED) is 0.726. The largest absolute Gasteiger partial charge is 0.472 e. The van der Waals surface area contributed by atoms with Gasteiger partial charge in [-0.2, -0.15) is 0 Å². The topological polar surface area (TPSA) is 64.5 Å². The number of aromatic nitrogens is 1. The molecule has 1 aromatic carbocycles. The third-order valence-corrected chi connectivity index (χ3v) is 4.38. The second kappa shape index (κ2) is 5.15.